The zero-order chi connectivity index (χ0) is 14.0. The van der Waals surface area contributed by atoms with Gasteiger partial charge in [0.15, 0.2) is 0 Å². The zero-order valence-electron chi connectivity index (χ0n) is 11.0. The number of esters is 1. The highest BCUT2D eigenvalue weighted by molar-refractivity contribution is 9.10. The number of aryl methyl sites for hydroxylation is 2. The molecule has 0 aliphatic heterocycles. The molecule has 1 heterocycles. The van der Waals surface area contributed by atoms with Crippen LogP contribution in [0.1, 0.15) is 28.7 Å². The molecule has 4 nitrogen and oxygen atoms in total. The van der Waals surface area contributed by atoms with Gasteiger partial charge in [-0.15, -0.1) is 0 Å². The maximum absolute atomic E-state index is 11.7. The van der Waals surface area contributed by atoms with Crippen molar-refractivity contribution in [1.29, 1.82) is 0 Å². The summed E-state index contributed by atoms with van der Waals surface area (Å²) in [4.78, 5) is 16.0. The fraction of sp³-hybridized carbons (Fsp3) is 0.286. The van der Waals surface area contributed by atoms with Gasteiger partial charge in [-0.05, 0) is 48.8 Å². The second kappa shape index (κ2) is 5.57. The maximum atomic E-state index is 11.7. The number of oxazole rings is 1. The Labute approximate surface area is 119 Å². The van der Waals surface area contributed by atoms with E-state index in [0.29, 0.717) is 18.2 Å². The summed E-state index contributed by atoms with van der Waals surface area (Å²) in [6.07, 6.45) is 0. The third-order valence-corrected chi connectivity index (χ3v) is 3.30. The number of ether oxygens (including phenoxy) is 1. The molecule has 1 aromatic carbocycles. The summed E-state index contributed by atoms with van der Waals surface area (Å²) in [5, 5.41) is 0. The summed E-state index contributed by atoms with van der Waals surface area (Å²) in [5.41, 5.74) is 2.44. The number of benzene rings is 1. The van der Waals surface area contributed by atoms with Crippen LogP contribution in [-0.4, -0.2) is 17.6 Å². The molecule has 0 spiro atoms. The highest BCUT2D eigenvalue weighted by atomic mass is 79.9. The van der Waals surface area contributed by atoms with E-state index in [-0.39, 0.29) is 5.76 Å². The summed E-state index contributed by atoms with van der Waals surface area (Å²) in [7, 11) is 0. The minimum atomic E-state index is -0.484. The van der Waals surface area contributed by atoms with Crippen LogP contribution in [0.5, 0.6) is 0 Å². The van der Waals surface area contributed by atoms with E-state index in [4.69, 9.17) is 9.15 Å². The first kappa shape index (κ1) is 13.8. The van der Waals surface area contributed by atoms with E-state index < -0.39 is 5.97 Å². The second-order valence-corrected chi connectivity index (χ2v) is 4.99. The number of aromatic nitrogens is 1. The van der Waals surface area contributed by atoms with Crippen molar-refractivity contribution in [2.75, 3.05) is 6.61 Å². The van der Waals surface area contributed by atoms with Crippen molar-refractivity contribution in [1.82, 2.24) is 4.98 Å². The van der Waals surface area contributed by atoms with Crippen LogP contribution in [0.3, 0.4) is 0 Å². The van der Waals surface area contributed by atoms with Crippen molar-refractivity contribution < 1.29 is 13.9 Å². The Morgan fingerprint density at radius 3 is 2.84 bits per heavy atom. The number of hydrogen-bond donors (Lipinski definition) is 0. The minimum Gasteiger partial charge on any atom is -0.460 e. The molecule has 0 aliphatic carbocycles. The highest BCUT2D eigenvalue weighted by Gasteiger charge is 2.20. The molecule has 0 saturated heterocycles. The Bertz CT molecular complexity index is 619. The number of nitrogens with zero attached hydrogens (tertiary/aromatic N) is 1. The predicted molar refractivity (Wildman–Crippen MR) is 75.1 cm³/mol. The number of carbonyl (C=O) groups is 1. The van der Waals surface area contributed by atoms with Crippen LogP contribution in [0, 0.1) is 13.8 Å². The first-order valence-corrected chi connectivity index (χ1v) is 6.73. The lowest BCUT2D eigenvalue weighted by Crippen LogP contribution is -2.04. The Hall–Kier alpha value is -1.62. The molecule has 100 valence electrons. The fourth-order valence-corrected chi connectivity index (χ4v) is 2.12. The van der Waals surface area contributed by atoms with Gasteiger partial charge in [0, 0.05) is 4.47 Å². The fourth-order valence-electron chi connectivity index (χ4n) is 1.70. The SMILES string of the molecule is CCOC(=O)c1oc(-c2cc(C)ccc2Br)nc1C. The Morgan fingerprint density at radius 2 is 2.16 bits per heavy atom. The lowest BCUT2D eigenvalue weighted by Gasteiger charge is -2.01. The van der Waals surface area contributed by atoms with Gasteiger partial charge in [0.25, 0.3) is 0 Å². The van der Waals surface area contributed by atoms with Crippen LogP contribution in [0.4, 0.5) is 0 Å². The largest absolute Gasteiger partial charge is 0.460 e. The number of rotatable bonds is 3. The molecule has 0 atom stereocenters. The Morgan fingerprint density at radius 1 is 1.42 bits per heavy atom. The summed E-state index contributed by atoms with van der Waals surface area (Å²) < 4.78 is 11.3. The number of hydrogen-bond acceptors (Lipinski definition) is 4. The first-order valence-electron chi connectivity index (χ1n) is 5.94. The van der Waals surface area contributed by atoms with E-state index in [2.05, 4.69) is 20.9 Å². The topological polar surface area (TPSA) is 52.3 Å². The predicted octanol–water partition coefficient (Wildman–Crippen LogP) is 3.90. The molecule has 2 aromatic rings. The van der Waals surface area contributed by atoms with Crippen LogP contribution in [0.2, 0.25) is 0 Å². The smallest absolute Gasteiger partial charge is 0.376 e. The van der Waals surface area contributed by atoms with E-state index in [1.807, 2.05) is 25.1 Å². The van der Waals surface area contributed by atoms with Crippen molar-refractivity contribution in [2.24, 2.45) is 0 Å². The van der Waals surface area contributed by atoms with Gasteiger partial charge in [0.05, 0.1) is 17.9 Å². The van der Waals surface area contributed by atoms with Crippen molar-refractivity contribution in [3.63, 3.8) is 0 Å². The maximum Gasteiger partial charge on any atom is 0.376 e. The highest BCUT2D eigenvalue weighted by Crippen LogP contribution is 2.30. The van der Waals surface area contributed by atoms with Crippen LogP contribution < -0.4 is 0 Å². The molecule has 1 aromatic heterocycles. The molecule has 2 rings (SSSR count). The molecule has 0 bridgehead atoms. The lowest BCUT2D eigenvalue weighted by molar-refractivity contribution is 0.0490. The molecule has 0 amide bonds. The van der Waals surface area contributed by atoms with Crippen LogP contribution in [-0.2, 0) is 4.74 Å². The van der Waals surface area contributed by atoms with Crippen molar-refractivity contribution >= 4 is 21.9 Å². The van der Waals surface area contributed by atoms with Crippen LogP contribution in [0.15, 0.2) is 27.1 Å². The molecule has 0 N–H and O–H groups in total. The Balaban J connectivity index is 2.44. The molecular weight excluding hydrogens is 310 g/mol. The normalized spacial score (nSPS) is 10.5. The quantitative estimate of drug-likeness (QED) is 0.804. The molecule has 0 saturated carbocycles. The average molecular weight is 324 g/mol. The molecule has 5 heteroatoms. The van der Waals surface area contributed by atoms with Gasteiger partial charge in [-0.3, -0.25) is 0 Å². The molecule has 0 aliphatic rings. The van der Waals surface area contributed by atoms with E-state index in [1.165, 1.54) is 0 Å². The molecular formula is C14H14BrNO3. The van der Waals surface area contributed by atoms with E-state index >= 15 is 0 Å². The van der Waals surface area contributed by atoms with Crippen molar-refractivity contribution in [2.45, 2.75) is 20.8 Å². The Kier molecular flexibility index (Phi) is 4.04. The molecule has 0 unspecified atom stereocenters. The standard InChI is InChI=1S/C14H14BrNO3/c1-4-18-14(17)12-9(3)16-13(19-12)10-7-8(2)5-6-11(10)15/h5-7H,4H2,1-3H3. The van der Waals surface area contributed by atoms with Crippen LogP contribution >= 0.6 is 15.9 Å². The first-order chi connectivity index (χ1) is 9.02. The lowest BCUT2D eigenvalue weighted by atomic mass is 10.1. The zero-order valence-corrected chi connectivity index (χ0v) is 12.6. The van der Waals surface area contributed by atoms with E-state index in [0.717, 1.165) is 15.6 Å². The van der Waals surface area contributed by atoms with E-state index in [9.17, 15) is 4.79 Å². The van der Waals surface area contributed by atoms with Gasteiger partial charge in [-0.1, -0.05) is 11.6 Å². The number of carbonyl (C=O) groups excluding carboxylic acids is 1. The summed E-state index contributed by atoms with van der Waals surface area (Å²) >= 11 is 3.45. The number of halogens is 1. The van der Waals surface area contributed by atoms with Gasteiger partial charge >= 0.3 is 5.97 Å². The second-order valence-electron chi connectivity index (χ2n) is 4.14. The van der Waals surface area contributed by atoms with E-state index in [1.54, 1.807) is 13.8 Å². The van der Waals surface area contributed by atoms with Crippen LogP contribution in [0.25, 0.3) is 11.5 Å². The third kappa shape index (κ3) is 2.87. The van der Waals surface area contributed by atoms with Gasteiger partial charge in [-0.25, -0.2) is 9.78 Å². The minimum absolute atomic E-state index is 0.158. The van der Waals surface area contributed by atoms with Crippen molar-refractivity contribution in [3.8, 4) is 11.5 Å². The van der Waals surface area contributed by atoms with Gasteiger partial charge in [-0.2, -0.15) is 0 Å². The van der Waals surface area contributed by atoms with Gasteiger partial charge < -0.3 is 9.15 Å². The summed E-state index contributed by atoms with van der Waals surface area (Å²) in [6, 6.07) is 5.86. The monoisotopic (exact) mass is 323 g/mol. The molecule has 19 heavy (non-hydrogen) atoms. The average Bonchev–Trinajstić information content (AvgIpc) is 2.74. The summed E-state index contributed by atoms with van der Waals surface area (Å²) in [6.45, 7) is 5.77. The summed E-state index contributed by atoms with van der Waals surface area (Å²) in [5.74, 6) is 0.0870. The van der Waals surface area contributed by atoms with Crippen molar-refractivity contribution in [3.05, 3.63) is 39.7 Å². The third-order valence-electron chi connectivity index (χ3n) is 2.61. The van der Waals surface area contributed by atoms with Gasteiger partial charge in [0.1, 0.15) is 0 Å². The van der Waals surface area contributed by atoms with Gasteiger partial charge in [0.2, 0.25) is 11.7 Å². The molecule has 0 radical (unpaired) electrons. The molecule has 0 fully saturated rings.